The summed E-state index contributed by atoms with van der Waals surface area (Å²) in [7, 11) is 1.61. The summed E-state index contributed by atoms with van der Waals surface area (Å²) in [5.41, 5.74) is 3.56. The summed E-state index contributed by atoms with van der Waals surface area (Å²) in [5, 5.41) is 3.43. The van der Waals surface area contributed by atoms with Crippen molar-refractivity contribution in [1.29, 1.82) is 0 Å². The molecule has 2 aromatic rings. The minimum atomic E-state index is -0.158. The Bertz CT molecular complexity index is 918. The van der Waals surface area contributed by atoms with Crippen LogP contribution < -0.4 is 10.1 Å². The number of anilines is 1. The van der Waals surface area contributed by atoms with E-state index in [1.54, 1.807) is 7.11 Å². The van der Waals surface area contributed by atoms with Crippen molar-refractivity contribution in [3.63, 3.8) is 0 Å². The van der Waals surface area contributed by atoms with Gasteiger partial charge in [-0.25, -0.2) is 9.97 Å². The molecular formula is C26H36N4O3. The largest absolute Gasteiger partial charge is 0.481 e. The number of aromatic nitrogens is 2. The Morgan fingerprint density at radius 3 is 3.00 bits per heavy atom. The molecule has 0 saturated carbocycles. The Balaban J connectivity index is 1.32. The lowest BCUT2D eigenvalue weighted by molar-refractivity contribution is -0.144. The van der Waals surface area contributed by atoms with Crippen molar-refractivity contribution >= 4 is 11.8 Å². The SMILES string of the molecule is CCOC(=O)C[C@@H](c1ccc(OC)nc1)N1CCC(CCCc2ccc3c(n2)NCCC3)C1. The van der Waals surface area contributed by atoms with Gasteiger partial charge in [0, 0.05) is 37.1 Å². The van der Waals surface area contributed by atoms with Crippen molar-refractivity contribution in [2.45, 2.75) is 57.9 Å². The van der Waals surface area contributed by atoms with Crippen LogP contribution in [0.3, 0.4) is 0 Å². The second-order valence-electron chi connectivity index (χ2n) is 9.04. The number of hydrogen-bond acceptors (Lipinski definition) is 7. The minimum Gasteiger partial charge on any atom is -0.481 e. The maximum absolute atomic E-state index is 12.3. The van der Waals surface area contributed by atoms with E-state index >= 15 is 0 Å². The number of nitrogens with zero attached hydrogens (tertiary/aromatic N) is 3. The maximum Gasteiger partial charge on any atom is 0.307 e. The first-order valence-corrected chi connectivity index (χ1v) is 12.3. The summed E-state index contributed by atoms with van der Waals surface area (Å²) in [6, 6.07) is 8.30. The fourth-order valence-electron chi connectivity index (χ4n) is 5.01. The van der Waals surface area contributed by atoms with E-state index in [-0.39, 0.29) is 12.0 Å². The van der Waals surface area contributed by atoms with Gasteiger partial charge in [0.1, 0.15) is 5.82 Å². The van der Waals surface area contributed by atoms with E-state index in [4.69, 9.17) is 14.5 Å². The van der Waals surface area contributed by atoms with Gasteiger partial charge in [0.05, 0.1) is 20.1 Å². The molecule has 33 heavy (non-hydrogen) atoms. The Morgan fingerprint density at radius 1 is 1.30 bits per heavy atom. The smallest absolute Gasteiger partial charge is 0.307 e. The zero-order chi connectivity index (χ0) is 23.0. The molecule has 0 amide bonds. The van der Waals surface area contributed by atoms with E-state index in [0.717, 1.165) is 56.7 Å². The van der Waals surface area contributed by atoms with Gasteiger partial charge < -0.3 is 14.8 Å². The Morgan fingerprint density at radius 2 is 2.21 bits per heavy atom. The average Bonchev–Trinajstić information content (AvgIpc) is 3.31. The second-order valence-corrected chi connectivity index (χ2v) is 9.04. The molecule has 4 heterocycles. The summed E-state index contributed by atoms with van der Waals surface area (Å²) in [6.07, 6.45) is 8.97. The molecule has 4 rings (SSSR count). The number of fused-ring (bicyclic) bond motifs is 1. The lowest BCUT2D eigenvalue weighted by Gasteiger charge is -2.27. The predicted octanol–water partition coefficient (Wildman–Crippen LogP) is 4.18. The summed E-state index contributed by atoms with van der Waals surface area (Å²) < 4.78 is 10.5. The molecular weight excluding hydrogens is 416 g/mol. The molecule has 2 aromatic heterocycles. The fraction of sp³-hybridized carbons (Fsp3) is 0.577. The van der Waals surface area contributed by atoms with Crippen molar-refractivity contribution < 1.29 is 14.3 Å². The van der Waals surface area contributed by atoms with Crippen LogP contribution in [0.5, 0.6) is 5.88 Å². The van der Waals surface area contributed by atoms with Crippen LogP contribution in [0.4, 0.5) is 5.82 Å². The molecule has 2 atom stereocenters. The first-order valence-electron chi connectivity index (χ1n) is 12.3. The number of aryl methyl sites for hydroxylation is 2. The van der Waals surface area contributed by atoms with Gasteiger partial charge >= 0.3 is 5.97 Å². The number of rotatable bonds is 10. The Labute approximate surface area is 196 Å². The third-order valence-electron chi connectivity index (χ3n) is 6.77. The molecule has 7 heteroatoms. The number of hydrogen-bond donors (Lipinski definition) is 1. The normalized spacial score (nSPS) is 18.9. The fourth-order valence-corrected chi connectivity index (χ4v) is 5.01. The van der Waals surface area contributed by atoms with Crippen LogP contribution in [0.2, 0.25) is 0 Å². The number of likely N-dealkylation sites (tertiary alicyclic amines) is 1. The molecule has 0 aliphatic carbocycles. The second kappa shape index (κ2) is 11.5. The van der Waals surface area contributed by atoms with Crippen molar-refractivity contribution in [2.75, 3.05) is 38.7 Å². The Hall–Kier alpha value is -2.67. The van der Waals surface area contributed by atoms with E-state index in [9.17, 15) is 4.79 Å². The van der Waals surface area contributed by atoms with Crippen LogP contribution in [0.1, 0.15) is 61.9 Å². The van der Waals surface area contributed by atoms with Gasteiger partial charge in [0.15, 0.2) is 0 Å². The first-order chi connectivity index (χ1) is 16.2. The number of carbonyl (C=O) groups is 1. The summed E-state index contributed by atoms with van der Waals surface area (Å²) >= 11 is 0. The highest BCUT2D eigenvalue weighted by Crippen LogP contribution is 2.33. The molecule has 2 aliphatic heterocycles. The van der Waals surface area contributed by atoms with Gasteiger partial charge in [-0.3, -0.25) is 9.69 Å². The number of ether oxygens (including phenoxy) is 2. The summed E-state index contributed by atoms with van der Waals surface area (Å²) in [6.45, 7) is 5.26. The van der Waals surface area contributed by atoms with Crippen LogP contribution in [-0.2, 0) is 22.4 Å². The Kier molecular flexibility index (Phi) is 8.15. The van der Waals surface area contributed by atoms with Crippen LogP contribution in [-0.4, -0.2) is 54.2 Å². The van der Waals surface area contributed by atoms with Gasteiger partial charge in [0.2, 0.25) is 5.88 Å². The van der Waals surface area contributed by atoms with E-state index in [1.807, 2.05) is 25.3 Å². The van der Waals surface area contributed by atoms with E-state index < -0.39 is 0 Å². The zero-order valence-corrected chi connectivity index (χ0v) is 19.9. The molecule has 7 nitrogen and oxygen atoms in total. The third kappa shape index (κ3) is 6.22. The zero-order valence-electron chi connectivity index (χ0n) is 19.9. The molecule has 1 saturated heterocycles. The van der Waals surface area contributed by atoms with Gasteiger partial charge in [-0.15, -0.1) is 0 Å². The summed E-state index contributed by atoms with van der Waals surface area (Å²) in [5.74, 6) is 2.14. The average molecular weight is 453 g/mol. The van der Waals surface area contributed by atoms with E-state index in [2.05, 4.69) is 27.3 Å². The lowest BCUT2D eigenvalue weighted by atomic mass is 9.99. The number of nitrogens with one attached hydrogen (secondary N) is 1. The van der Waals surface area contributed by atoms with Gasteiger partial charge in [-0.05, 0) is 75.1 Å². The lowest BCUT2D eigenvalue weighted by Crippen LogP contribution is -2.29. The topological polar surface area (TPSA) is 76.6 Å². The van der Waals surface area contributed by atoms with E-state index in [0.29, 0.717) is 24.8 Å². The quantitative estimate of drug-likeness (QED) is 0.542. The molecule has 0 radical (unpaired) electrons. The molecule has 0 aromatic carbocycles. The van der Waals surface area contributed by atoms with Gasteiger partial charge in [-0.2, -0.15) is 0 Å². The first kappa shape index (κ1) is 23.5. The monoisotopic (exact) mass is 452 g/mol. The standard InChI is InChI=1S/C26H36N4O3/c1-3-33-25(31)16-23(21-10-12-24(32-2)28-17-21)30-15-13-19(18-30)6-4-8-22-11-9-20-7-5-14-27-26(20)29-22/h9-12,17,19,23H,3-8,13-16,18H2,1-2H3,(H,27,29)/t19?,23-/m0/s1. The van der Waals surface area contributed by atoms with Crippen molar-refractivity contribution in [3.05, 3.63) is 47.3 Å². The molecule has 0 spiro atoms. The number of methoxy groups -OCH3 is 1. The van der Waals surface area contributed by atoms with Gasteiger partial charge in [-0.1, -0.05) is 12.1 Å². The van der Waals surface area contributed by atoms with Crippen LogP contribution in [0.15, 0.2) is 30.5 Å². The van der Waals surface area contributed by atoms with Gasteiger partial charge in [0.25, 0.3) is 0 Å². The number of esters is 1. The number of pyridine rings is 2. The van der Waals surface area contributed by atoms with Crippen LogP contribution >= 0.6 is 0 Å². The van der Waals surface area contributed by atoms with Crippen molar-refractivity contribution in [2.24, 2.45) is 5.92 Å². The van der Waals surface area contributed by atoms with Crippen LogP contribution in [0.25, 0.3) is 0 Å². The third-order valence-corrected chi connectivity index (χ3v) is 6.77. The van der Waals surface area contributed by atoms with E-state index in [1.165, 1.54) is 24.1 Å². The molecule has 1 unspecified atom stereocenters. The molecule has 2 aliphatic rings. The molecule has 0 bridgehead atoms. The molecule has 1 fully saturated rings. The highest BCUT2D eigenvalue weighted by atomic mass is 16.5. The summed E-state index contributed by atoms with van der Waals surface area (Å²) in [4.78, 5) is 23.9. The maximum atomic E-state index is 12.3. The van der Waals surface area contributed by atoms with Crippen molar-refractivity contribution in [1.82, 2.24) is 14.9 Å². The van der Waals surface area contributed by atoms with Crippen LogP contribution in [0, 0.1) is 5.92 Å². The predicted molar refractivity (Wildman–Crippen MR) is 128 cm³/mol. The highest BCUT2D eigenvalue weighted by Gasteiger charge is 2.31. The number of carbonyl (C=O) groups excluding carboxylic acids is 1. The molecule has 178 valence electrons. The van der Waals surface area contributed by atoms with Crippen molar-refractivity contribution in [3.8, 4) is 5.88 Å². The molecule has 1 N–H and O–H groups in total. The highest BCUT2D eigenvalue weighted by molar-refractivity contribution is 5.70. The minimum absolute atomic E-state index is 0.0131.